The third-order valence-electron chi connectivity index (χ3n) is 6.69. The second-order valence-corrected chi connectivity index (χ2v) is 12.4. The van der Waals surface area contributed by atoms with Gasteiger partial charge in [0.2, 0.25) is 0 Å². The number of rotatable bonds is 9. The molecule has 0 fully saturated rings. The van der Waals surface area contributed by atoms with Gasteiger partial charge in [-0.3, -0.25) is 14.2 Å². The minimum Gasteiger partial charge on any atom is -0.377 e. The van der Waals surface area contributed by atoms with E-state index >= 15 is 0 Å². The SMILES string of the molecule is CCOCc1cc(Cn2nc(-c3ccccc3)c3c(C)nc(CC)cc32)ccc1-c1cc(C)sc1S(=O)(=O)O. The van der Waals surface area contributed by atoms with Crippen LogP contribution in [0.4, 0.5) is 0 Å². The van der Waals surface area contributed by atoms with Crippen molar-refractivity contribution >= 4 is 32.4 Å². The molecule has 1 N–H and O–H groups in total. The van der Waals surface area contributed by atoms with E-state index in [0.29, 0.717) is 25.3 Å². The lowest BCUT2D eigenvalue weighted by Gasteiger charge is -2.13. The maximum atomic E-state index is 12.1. The maximum absolute atomic E-state index is 12.1. The number of pyridine rings is 1. The maximum Gasteiger partial charge on any atom is 0.304 e. The quantitative estimate of drug-likeness (QED) is 0.198. The largest absolute Gasteiger partial charge is 0.377 e. The number of nitrogens with zero attached hydrogens (tertiary/aromatic N) is 3. The molecule has 0 atom stereocenters. The molecule has 202 valence electrons. The minimum atomic E-state index is -4.36. The molecule has 0 aliphatic heterocycles. The Morgan fingerprint density at radius 2 is 1.77 bits per heavy atom. The molecule has 2 aromatic carbocycles. The van der Waals surface area contributed by atoms with Crippen LogP contribution in [-0.2, 0) is 34.4 Å². The number of benzene rings is 2. The fraction of sp³-hybridized carbons (Fsp3) is 0.267. The van der Waals surface area contributed by atoms with Crippen LogP contribution in [-0.4, -0.2) is 34.3 Å². The van der Waals surface area contributed by atoms with Crippen molar-refractivity contribution in [3.8, 4) is 22.4 Å². The van der Waals surface area contributed by atoms with Crippen molar-refractivity contribution in [2.45, 2.75) is 51.5 Å². The average Bonchev–Trinajstić information content (AvgIpc) is 3.49. The summed E-state index contributed by atoms with van der Waals surface area (Å²) in [5.41, 5.74) is 8.00. The van der Waals surface area contributed by atoms with Crippen molar-refractivity contribution in [2.24, 2.45) is 0 Å². The van der Waals surface area contributed by atoms with E-state index in [-0.39, 0.29) is 4.21 Å². The molecular formula is C30H31N3O4S2. The second kappa shape index (κ2) is 11.0. The van der Waals surface area contributed by atoms with Gasteiger partial charge in [-0.2, -0.15) is 13.5 Å². The molecule has 0 amide bonds. The average molecular weight is 562 g/mol. The van der Waals surface area contributed by atoms with Crippen LogP contribution >= 0.6 is 11.3 Å². The van der Waals surface area contributed by atoms with E-state index in [1.807, 2.05) is 61.9 Å². The van der Waals surface area contributed by atoms with Crippen molar-refractivity contribution in [3.05, 3.63) is 88.1 Å². The monoisotopic (exact) mass is 561 g/mol. The van der Waals surface area contributed by atoms with Crippen LogP contribution in [0.25, 0.3) is 33.3 Å². The summed E-state index contributed by atoms with van der Waals surface area (Å²) in [5.74, 6) is 0. The van der Waals surface area contributed by atoms with Crippen molar-refractivity contribution in [1.82, 2.24) is 14.8 Å². The van der Waals surface area contributed by atoms with Gasteiger partial charge in [-0.25, -0.2) is 0 Å². The predicted octanol–water partition coefficient (Wildman–Crippen LogP) is 6.84. The Kier molecular flexibility index (Phi) is 7.68. The summed E-state index contributed by atoms with van der Waals surface area (Å²) in [5, 5.41) is 6.09. The Morgan fingerprint density at radius 3 is 2.46 bits per heavy atom. The first kappa shape index (κ1) is 27.2. The second-order valence-electron chi connectivity index (χ2n) is 9.48. The topological polar surface area (TPSA) is 94.3 Å². The molecule has 0 bridgehead atoms. The van der Waals surface area contributed by atoms with Crippen molar-refractivity contribution < 1.29 is 17.7 Å². The zero-order valence-electron chi connectivity index (χ0n) is 22.4. The highest BCUT2D eigenvalue weighted by molar-refractivity contribution is 7.88. The molecule has 0 radical (unpaired) electrons. The molecule has 0 unspecified atom stereocenters. The van der Waals surface area contributed by atoms with E-state index in [0.717, 1.165) is 72.9 Å². The highest BCUT2D eigenvalue weighted by atomic mass is 32.3. The molecule has 7 nitrogen and oxygen atoms in total. The van der Waals surface area contributed by atoms with E-state index in [1.54, 1.807) is 6.07 Å². The van der Waals surface area contributed by atoms with Gasteiger partial charge >= 0.3 is 10.1 Å². The van der Waals surface area contributed by atoms with E-state index in [1.165, 1.54) is 0 Å². The zero-order chi connectivity index (χ0) is 27.7. The zero-order valence-corrected chi connectivity index (χ0v) is 24.1. The Morgan fingerprint density at radius 1 is 1.00 bits per heavy atom. The summed E-state index contributed by atoms with van der Waals surface area (Å²) < 4.78 is 41.8. The van der Waals surface area contributed by atoms with Crippen LogP contribution in [0.5, 0.6) is 0 Å². The van der Waals surface area contributed by atoms with Crippen LogP contribution in [0, 0.1) is 13.8 Å². The number of aryl methyl sites for hydroxylation is 3. The van der Waals surface area contributed by atoms with Crippen LogP contribution in [0.2, 0.25) is 0 Å². The summed E-state index contributed by atoms with van der Waals surface area (Å²) in [4.78, 5) is 5.61. The molecule has 0 spiro atoms. The van der Waals surface area contributed by atoms with Crippen LogP contribution in [0.15, 0.2) is 64.9 Å². The number of hydrogen-bond donors (Lipinski definition) is 1. The first-order valence-corrected chi connectivity index (χ1v) is 15.2. The lowest BCUT2D eigenvalue weighted by Crippen LogP contribution is -2.05. The molecule has 9 heteroatoms. The minimum absolute atomic E-state index is 0.0499. The number of hydrogen-bond acceptors (Lipinski definition) is 6. The smallest absolute Gasteiger partial charge is 0.304 e. The highest BCUT2D eigenvalue weighted by Crippen LogP contribution is 2.38. The summed E-state index contributed by atoms with van der Waals surface area (Å²) in [6, 6.07) is 20.0. The summed E-state index contributed by atoms with van der Waals surface area (Å²) in [7, 11) is -4.36. The molecule has 39 heavy (non-hydrogen) atoms. The number of thiophene rings is 1. The Labute approximate surface area is 232 Å². The van der Waals surface area contributed by atoms with Crippen molar-refractivity contribution in [2.75, 3.05) is 6.61 Å². The Bertz CT molecular complexity index is 1760. The molecule has 0 saturated carbocycles. The van der Waals surface area contributed by atoms with E-state index < -0.39 is 10.1 Å². The van der Waals surface area contributed by atoms with Crippen LogP contribution < -0.4 is 0 Å². The number of fused-ring (bicyclic) bond motifs is 1. The third kappa shape index (κ3) is 5.53. The van der Waals surface area contributed by atoms with Gasteiger partial charge in [0, 0.05) is 39.4 Å². The van der Waals surface area contributed by atoms with E-state index in [2.05, 4.69) is 25.1 Å². The molecule has 0 saturated heterocycles. The first-order valence-electron chi connectivity index (χ1n) is 12.9. The molecule has 0 aliphatic rings. The van der Waals surface area contributed by atoms with Crippen molar-refractivity contribution in [1.29, 1.82) is 0 Å². The van der Waals surface area contributed by atoms with Crippen molar-refractivity contribution in [3.63, 3.8) is 0 Å². The van der Waals surface area contributed by atoms with Gasteiger partial charge in [-0.15, -0.1) is 11.3 Å². The van der Waals surface area contributed by atoms with Crippen LogP contribution in [0.1, 0.15) is 41.2 Å². The predicted molar refractivity (Wildman–Crippen MR) is 156 cm³/mol. The third-order valence-corrected chi connectivity index (χ3v) is 9.10. The molecule has 5 rings (SSSR count). The summed E-state index contributed by atoms with van der Waals surface area (Å²) in [6.07, 6.45) is 0.825. The number of ether oxygens (including phenoxy) is 1. The molecule has 0 aliphatic carbocycles. The van der Waals surface area contributed by atoms with Gasteiger partial charge in [0.1, 0.15) is 5.69 Å². The Hall–Kier alpha value is -3.37. The van der Waals surface area contributed by atoms with Gasteiger partial charge in [-0.05, 0) is 56.0 Å². The van der Waals surface area contributed by atoms with Gasteiger partial charge in [-0.1, -0.05) is 55.5 Å². The fourth-order valence-electron chi connectivity index (χ4n) is 4.92. The van der Waals surface area contributed by atoms with E-state index in [9.17, 15) is 13.0 Å². The summed E-state index contributed by atoms with van der Waals surface area (Å²) in [6.45, 7) is 9.23. The molecule has 3 heterocycles. The number of aromatic nitrogens is 3. The van der Waals surface area contributed by atoms with Gasteiger partial charge < -0.3 is 4.74 Å². The molecular weight excluding hydrogens is 530 g/mol. The Balaban J connectivity index is 1.63. The van der Waals surface area contributed by atoms with Gasteiger partial charge in [0.25, 0.3) is 0 Å². The van der Waals surface area contributed by atoms with Crippen LogP contribution in [0.3, 0.4) is 0 Å². The molecule has 5 aromatic rings. The fourth-order valence-corrected chi connectivity index (χ4v) is 6.93. The lowest BCUT2D eigenvalue weighted by molar-refractivity contribution is 0.134. The molecule has 3 aromatic heterocycles. The summed E-state index contributed by atoms with van der Waals surface area (Å²) >= 11 is 1.06. The van der Waals surface area contributed by atoms with E-state index in [4.69, 9.17) is 14.8 Å². The standard InChI is InChI=1S/C30H31N3O4S2/c1-5-24-16-27-28(20(4)31-24)29(22-10-8-7-9-11-22)32-33(27)17-21-12-13-25(23(15-21)18-37-6-2)26-14-19(3)38-30(26)39(34,35)36/h7-16H,5-6,17-18H2,1-4H3,(H,34,35,36). The lowest BCUT2D eigenvalue weighted by atomic mass is 9.99. The van der Waals surface area contributed by atoms with Gasteiger partial charge in [0.05, 0.1) is 18.7 Å². The normalized spacial score (nSPS) is 11.9. The highest BCUT2D eigenvalue weighted by Gasteiger charge is 2.23. The first-order chi connectivity index (χ1) is 18.7. The van der Waals surface area contributed by atoms with Gasteiger partial charge in [0.15, 0.2) is 4.21 Å².